The Morgan fingerprint density at radius 1 is 1.18 bits per heavy atom. The highest BCUT2D eigenvalue weighted by atomic mass is 16.2. The Kier molecular flexibility index (Phi) is 3.78. The molecule has 1 aromatic heterocycles. The van der Waals surface area contributed by atoms with Crippen LogP contribution in [0.1, 0.15) is 11.4 Å². The van der Waals surface area contributed by atoms with Gasteiger partial charge in [0, 0.05) is 12.7 Å². The zero-order chi connectivity index (χ0) is 15.5. The Balaban J connectivity index is 1.66. The van der Waals surface area contributed by atoms with Gasteiger partial charge in [-0.1, -0.05) is 24.3 Å². The molecule has 3 N–H and O–H groups in total. The van der Waals surface area contributed by atoms with E-state index in [1.165, 1.54) is 0 Å². The number of carbonyl (C=O) groups excluding carboxylic acids is 1. The lowest BCUT2D eigenvalue weighted by atomic mass is 10.1. The summed E-state index contributed by atoms with van der Waals surface area (Å²) in [6, 6.07) is 15.2. The minimum Gasteiger partial charge on any atom is -0.399 e. The summed E-state index contributed by atoms with van der Waals surface area (Å²) in [6.45, 7) is 0.461. The molecule has 112 valence electrons. The Bertz CT molecular complexity index is 759. The van der Waals surface area contributed by atoms with Crippen molar-refractivity contribution in [3.8, 4) is 0 Å². The van der Waals surface area contributed by atoms with Gasteiger partial charge in [0.1, 0.15) is 5.82 Å². The summed E-state index contributed by atoms with van der Waals surface area (Å²) in [5.74, 6) is 0.833. The summed E-state index contributed by atoms with van der Waals surface area (Å²) >= 11 is 0. The number of aromatic nitrogens is 2. The number of para-hydroxylation sites is 2. The first-order valence-electron chi connectivity index (χ1n) is 7.14. The predicted octanol–water partition coefficient (Wildman–Crippen LogP) is 2.35. The molecule has 0 radical (unpaired) electrons. The molecule has 0 saturated heterocycles. The molecule has 22 heavy (non-hydrogen) atoms. The number of nitrogen functional groups attached to an aromatic ring is 1. The largest absolute Gasteiger partial charge is 0.399 e. The predicted molar refractivity (Wildman–Crippen MR) is 87.1 cm³/mol. The SMILES string of the molecule is CN(Cc1nc2ccccc2[nH]1)C(=O)Cc1ccc(N)cc1. The molecular formula is C17H18N4O. The summed E-state index contributed by atoms with van der Waals surface area (Å²) in [6.07, 6.45) is 0.358. The second-order valence-corrected chi connectivity index (χ2v) is 5.37. The number of aromatic amines is 1. The van der Waals surface area contributed by atoms with Crippen LogP contribution in [0.25, 0.3) is 11.0 Å². The van der Waals surface area contributed by atoms with E-state index in [0.29, 0.717) is 18.7 Å². The van der Waals surface area contributed by atoms with E-state index in [2.05, 4.69) is 9.97 Å². The third kappa shape index (κ3) is 3.09. The van der Waals surface area contributed by atoms with Crippen molar-refractivity contribution in [1.29, 1.82) is 0 Å². The smallest absolute Gasteiger partial charge is 0.227 e. The number of nitrogens with two attached hydrogens (primary N) is 1. The van der Waals surface area contributed by atoms with Gasteiger partial charge in [0.25, 0.3) is 0 Å². The van der Waals surface area contributed by atoms with Crippen molar-refractivity contribution in [3.05, 3.63) is 59.9 Å². The minimum atomic E-state index is 0.0465. The molecule has 5 heteroatoms. The Labute approximate surface area is 128 Å². The second kappa shape index (κ2) is 5.89. The normalized spacial score (nSPS) is 10.8. The fourth-order valence-electron chi connectivity index (χ4n) is 2.34. The molecule has 3 aromatic rings. The number of carbonyl (C=O) groups is 1. The van der Waals surface area contributed by atoms with Crippen molar-refractivity contribution >= 4 is 22.6 Å². The van der Waals surface area contributed by atoms with Crippen molar-refractivity contribution in [2.24, 2.45) is 0 Å². The van der Waals surface area contributed by atoms with Crippen LogP contribution < -0.4 is 5.73 Å². The van der Waals surface area contributed by atoms with Crippen LogP contribution in [0, 0.1) is 0 Å². The molecule has 0 aliphatic carbocycles. The quantitative estimate of drug-likeness (QED) is 0.725. The Hall–Kier alpha value is -2.82. The fourth-order valence-corrected chi connectivity index (χ4v) is 2.34. The number of H-pyrrole nitrogens is 1. The van der Waals surface area contributed by atoms with Gasteiger partial charge >= 0.3 is 0 Å². The fraction of sp³-hybridized carbons (Fsp3) is 0.176. The van der Waals surface area contributed by atoms with E-state index in [9.17, 15) is 4.79 Å². The number of benzene rings is 2. The van der Waals surface area contributed by atoms with Crippen LogP contribution in [-0.4, -0.2) is 27.8 Å². The molecule has 0 atom stereocenters. The third-order valence-corrected chi connectivity index (χ3v) is 3.59. The highest BCUT2D eigenvalue weighted by Gasteiger charge is 2.12. The number of imidazole rings is 1. The maximum absolute atomic E-state index is 12.3. The Morgan fingerprint density at radius 2 is 1.91 bits per heavy atom. The summed E-state index contributed by atoms with van der Waals surface area (Å²) in [7, 11) is 1.78. The molecule has 0 unspecified atom stereocenters. The van der Waals surface area contributed by atoms with E-state index in [1.807, 2.05) is 48.5 Å². The zero-order valence-electron chi connectivity index (χ0n) is 12.4. The lowest BCUT2D eigenvalue weighted by Gasteiger charge is -2.15. The molecule has 0 bridgehead atoms. The van der Waals surface area contributed by atoms with Crippen LogP contribution in [-0.2, 0) is 17.8 Å². The molecule has 0 aliphatic rings. The van der Waals surface area contributed by atoms with E-state index in [1.54, 1.807) is 11.9 Å². The molecule has 2 aromatic carbocycles. The maximum atomic E-state index is 12.3. The van der Waals surface area contributed by atoms with Crippen molar-refractivity contribution < 1.29 is 4.79 Å². The Morgan fingerprint density at radius 3 is 2.64 bits per heavy atom. The van der Waals surface area contributed by atoms with Gasteiger partial charge in [0.05, 0.1) is 24.0 Å². The van der Waals surface area contributed by atoms with Crippen LogP contribution in [0.2, 0.25) is 0 Å². The van der Waals surface area contributed by atoms with Gasteiger partial charge in [-0.05, 0) is 29.8 Å². The standard InChI is InChI=1S/C17H18N4O/c1-21(17(22)10-12-6-8-13(18)9-7-12)11-16-19-14-4-2-3-5-15(14)20-16/h2-9H,10-11,18H2,1H3,(H,19,20). The van der Waals surface area contributed by atoms with Gasteiger partial charge in [-0.15, -0.1) is 0 Å². The third-order valence-electron chi connectivity index (χ3n) is 3.59. The molecule has 1 heterocycles. The molecule has 0 fully saturated rings. The summed E-state index contributed by atoms with van der Waals surface area (Å²) in [5.41, 5.74) is 9.20. The highest BCUT2D eigenvalue weighted by molar-refractivity contribution is 5.79. The second-order valence-electron chi connectivity index (χ2n) is 5.37. The summed E-state index contributed by atoms with van der Waals surface area (Å²) < 4.78 is 0. The van der Waals surface area contributed by atoms with Gasteiger partial charge in [-0.2, -0.15) is 0 Å². The van der Waals surface area contributed by atoms with E-state index in [4.69, 9.17) is 5.73 Å². The van der Waals surface area contributed by atoms with Gasteiger partial charge < -0.3 is 15.6 Å². The lowest BCUT2D eigenvalue weighted by Crippen LogP contribution is -2.28. The first-order valence-corrected chi connectivity index (χ1v) is 7.14. The van der Waals surface area contributed by atoms with E-state index in [0.717, 1.165) is 22.4 Å². The van der Waals surface area contributed by atoms with E-state index >= 15 is 0 Å². The minimum absolute atomic E-state index is 0.0465. The summed E-state index contributed by atoms with van der Waals surface area (Å²) in [5, 5.41) is 0. The average molecular weight is 294 g/mol. The van der Waals surface area contributed by atoms with Crippen LogP contribution in [0.5, 0.6) is 0 Å². The van der Waals surface area contributed by atoms with Crippen molar-refractivity contribution in [1.82, 2.24) is 14.9 Å². The number of anilines is 1. The number of nitrogens with one attached hydrogen (secondary N) is 1. The van der Waals surface area contributed by atoms with Crippen LogP contribution in [0.4, 0.5) is 5.69 Å². The molecule has 0 aliphatic heterocycles. The van der Waals surface area contributed by atoms with Crippen molar-refractivity contribution in [3.63, 3.8) is 0 Å². The molecular weight excluding hydrogens is 276 g/mol. The van der Waals surface area contributed by atoms with E-state index in [-0.39, 0.29) is 5.91 Å². The highest BCUT2D eigenvalue weighted by Crippen LogP contribution is 2.12. The first-order chi connectivity index (χ1) is 10.6. The number of rotatable bonds is 4. The number of hydrogen-bond donors (Lipinski definition) is 2. The van der Waals surface area contributed by atoms with Gasteiger partial charge in [0.15, 0.2) is 0 Å². The maximum Gasteiger partial charge on any atom is 0.227 e. The molecule has 3 rings (SSSR count). The van der Waals surface area contributed by atoms with Crippen LogP contribution >= 0.6 is 0 Å². The van der Waals surface area contributed by atoms with Gasteiger partial charge in [0.2, 0.25) is 5.91 Å². The van der Waals surface area contributed by atoms with E-state index < -0.39 is 0 Å². The number of fused-ring (bicyclic) bond motifs is 1. The summed E-state index contributed by atoms with van der Waals surface area (Å²) in [4.78, 5) is 21.7. The van der Waals surface area contributed by atoms with Gasteiger partial charge in [-0.3, -0.25) is 4.79 Å². The lowest BCUT2D eigenvalue weighted by molar-refractivity contribution is -0.129. The number of likely N-dealkylation sites (N-methyl/N-ethyl adjacent to an activating group) is 1. The average Bonchev–Trinajstić information content (AvgIpc) is 2.91. The topological polar surface area (TPSA) is 75.0 Å². The molecule has 0 spiro atoms. The van der Waals surface area contributed by atoms with Crippen molar-refractivity contribution in [2.75, 3.05) is 12.8 Å². The van der Waals surface area contributed by atoms with Crippen LogP contribution in [0.3, 0.4) is 0 Å². The zero-order valence-corrected chi connectivity index (χ0v) is 12.4. The first kappa shape index (κ1) is 14.1. The number of nitrogens with zero attached hydrogens (tertiary/aromatic N) is 2. The van der Waals surface area contributed by atoms with Gasteiger partial charge in [-0.25, -0.2) is 4.98 Å². The molecule has 0 saturated carbocycles. The monoisotopic (exact) mass is 294 g/mol. The number of hydrogen-bond acceptors (Lipinski definition) is 3. The molecule has 5 nitrogen and oxygen atoms in total. The van der Waals surface area contributed by atoms with Crippen LogP contribution in [0.15, 0.2) is 48.5 Å². The van der Waals surface area contributed by atoms with Crippen molar-refractivity contribution in [2.45, 2.75) is 13.0 Å². The molecule has 1 amide bonds. The number of amides is 1.